The Balaban J connectivity index is 1.41. The Morgan fingerprint density at radius 1 is 1.24 bits per heavy atom. The van der Waals surface area contributed by atoms with Gasteiger partial charge in [-0.25, -0.2) is 9.37 Å². The number of hydrogen-bond acceptors (Lipinski definition) is 4. The zero-order chi connectivity index (χ0) is 17.6. The molecule has 0 unspecified atom stereocenters. The first-order valence-electron chi connectivity index (χ1n) is 7.56. The number of nitrogens with zero attached hydrogens (tertiary/aromatic N) is 2. The van der Waals surface area contributed by atoms with Crippen LogP contribution in [0.1, 0.15) is 0 Å². The van der Waals surface area contributed by atoms with E-state index in [1.165, 1.54) is 23.5 Å². The summed E-state index contributed by atoms with van der Waals surface area (Å²) < 4.78 is 14.1. The summed E-state index contributed by atoms with van der Waals surface area (Å²) in [6, 6.07) is 9.48. The fourth-order valence-corrected chi connectivity index (χ4v) is 4.11. The molecule has 0 spiro atoms. The van der Waals surface area contributed by atoms with Crippen molar-refractivity contribution in [2.24, 2.45) is 5.92 Å². The Bertz CT molecular complexity index is 972. The molecule has 1 amide bonds. The van der Waals surface area contributed by atoms with Gasteiger partial charge in [-0.15, -0.1) is 0 Å². The molecule has 4 rings (SSSR count). The quantitative estimate of drug-likeness (QED) is 0.691. The fraction of sp³-hybridized carbons (Fsp3) is 0.176. The van der Waals surface area contributed by atoms with Crippen molar-refractivity contribution >= 4 is 61.5 Å². The second-order valence-corrected chi connectivity index (χ2v) is 7.68. The number of nitrogens with one attached hydrogen (secondary N) is 1. The molecule has 3 aromatic rings. The molecule has 0 radical (unpaired) electrons. The highest BCUT2D eigenvalue weighted by Gasteiger charge is 2.34. The van der Waals surface area contributed by atoms with E-state index in [0.29, 0.717) is 28.8 Å². The summed E-state index contributed by atoms with van der Waals surface area (Å²) in [5, 5.41) is 4.55. The summed E-state index contributed by atoms with van der Waals surface area (Å²) in [6.45, 7) is 1.14. The minimum atomic E-state index is -0.275. The van der Waals surface area contributed by atoms with Crippen molar-refractivity contribution in [1.29, 1.82) is 0 Å². The number of aromatic nitrogens is 1. The summed E-state index contributed by atoms with van der Waals surface area (Å²) in [5.74, 6) is -0.508. The predicted molar refractivity (Wildman–Crippen MR) is 100 cm³/mol. The zero-order valence-corrected chi connectivity index (χ0v) is 15.1. The van der Waals surface area contributed by atoms with Gasteiger partial charge in [-0.05, 0) is 36.4 Å². The van der Waals surface area contributed by atoms with Crippen LogP contribution in [0.15, 0.2) is 36.4 Å². The van der Waals surface area contributed by atoms with Crippen molar-refractivity contribution in [3.8, 4) is 0 Å². The van der Waals surface area contributed by atoms with Crippen LogP contribution in [0.5, 0.6) is 0 Å². The smallest absolute Gasteiger partial charge is 0.231 e. The first kappa shape index (κ1) is 16.6. The number of hydrogen-bond donors (Lipinski definition) is 1. The second-order valence-electron chi connectivity index (χ2n) is 5.82. The number of halogens is 3. The molecule has 8 heteroatoms. The van der Waals surface area contributed by atoms with Gasteiger partial charge in [0.15, 0.2) is 5.13 Å². The van der Waals surface area contributed by atoms with E-state index >= 15 is 0 Å². The van der Waals surface area contributed by atoms with Gasteiger partial charge >= 0.3 is 0 Å². The van der Waals surface area contributed by atoms with Gasteiger partial charge < -0.3 is 10.2 Å². The van der Waals surface area contributed by atoms with Gasteiger partial charge in [0.25, 0.3) is 0 Å². The Hall–Kier alpha value is -1.89. The van der Waals surface area contributed by atoms with Crippen LogP contribution >= 0.6 is 34.5 Å². The lowest BCUT2D eigenvalue weighted by Crippen LogP contribution is -2.52. The normalized spacial score (nSPS) is 14.6. The van der Waals surface area contributed by atoms with Crippen LogP contribution in [-0.4, -0.2) is 24.0 Å². The van der Waals surface area contributed by atoms with E-state index in [0.717, 1.165) is 15.3 Å². The molecule has 1 aliphatic heterocycles. The highest BCUT2D eigenvalue weighted by Crippen LogP contribution is 2.34. The van der Waals surface area contributed by atoms with E-state index in [1.807, 2.05) is 4.90 Å². The minimum absolute atomic E-state index is 0.0902. The Labute approximate surface area is 157 Å². The molecule has 25 heavy (non-hydrogen) atoms. The molecule has 0 aliphatic carbocycles. The average molecular weight is 396 g/mol. The molecule has 1 aliphatic rings. The van der Waals surface area contributed by atoms with Crippen molar-refractivity contribution in [2.75, 3.05) is 23.3 Å². The monoisotopic (exact) mass is 395 g/mol. The fourth-order valence-electron chi connectivity index (χ4n) is 2.65. The maximum absolute atomic E-state index is 13.3. The molecule has 128 valence electrons. The molecule has 1 fully saturated rings. The molecule has 0 atom stereocenters. The lowest BCUT2D eigenvalue weighted by molar-refractivity contribution is -0.120. The van der Waals surface area contributed by atoms with Crippen LogP contribution in [0, 0.1) is 11.7 Å². The molecular formula is C17H12Cl2FN3OS. The molecule has 2 heterocycles. The number of amides is 1. The van der Waals surface area contributed by atoms with E-state index in [2.05, 4.69) is 10.3 Å². The van der Waals surface area contributed by atoms with Crippen molar-refractivity contribution in [1.82, 2.24) is 4.98 Å². The van der Waals surface area contributed by atoms with Crippen LogP contribution in [0.2, 0.25) is 10.0 Å². The molecule has 0 saturated carbocycles. The van der Waals surface area contributed by atoms with E-state index in [1.54, 1.807) is 24.3 Å². The zero-order valence-electron chi connectivity index (χ0n) is 12.8. The van der Waals surface area contributed by atoms with E-state index in [-0.39, 0.29) is 17.6 Å². The van der Waals surface area contributed by atoms with Crippen LogP contribution in [0.25, 0.3) is 10.2 Å². The summed E-state index contributed by atoms with van der Waals surface area (Å²) in [6.07, 6.45) is 0. The standard InChI is InChI=1S/C17H12Cl2FN3OS/c18-10-1-3-13(12(19)5-10)21-16(24)9-7-23(8-9)17-22-14-4-2-11(20)6-15(14)25-17/h1-6,9H,7-8H2,(H,21,24). The van der Waals surface area contributed by atoms with Crippen LogP contribution in [-0.2, 0) is 4.79 Å². The highest BCUT2D eigenvalue weighted by atomic mass is 35.5. The molecule has 0 bridgehead atoms. The predicted octanol–water partition coefficient (Wildman–Crippen LogP) is 4.82. The van der Waals surface area contributed by atoms with Crippen molar-refractivity contribution < 1.29 is 9.18 Å². The number of thiazole rings is 1. The highest BCUT2D eigenvalue weighted by molar-refractivity contribution is 7.22. The number of benzene rings is 2. The third kappa shape index (κ3) is 3.29. The lowest BCUT2D eigenvalue weighted by Gasteiger charge is -2.38. The number of rotatable bonds is 3. The topological polar surface area (TPSA) is 45.2 Å². The third-order valence-corrected chi connectivity index (χ3v) is 5.68. The maximum atomic E-state index is 13.3. The molecule has 2 aromatic carbocycles. The van der Waals surface area contributed by atoms with Gasteiger partial charge in [0.1, 0.15) is 5.82 Å². The first-order chi connectivity index (χ1) is 12.0. The summed E-state index contributed by atoms with van der Waals surface area (Å²) in [5.41, 5.74) is 1.31. The third-order valence-electron chi connectivity index (χ3n) is 4.05. The van der Waals surface area contributed by atoms with Gasteiger partial charge in [-0.2, -0.15) is 0 Å². The molecular weight excluding hydrogens is 384 g/mol. The van der Waals surface area contributed by atoms with E-state index in [4.69, 9.17) is 23.2 Å². The van der Waals surface area contributed by atoms with Crippen LogP contribution < -0.4 is 10.2 Å². The van der Waals surface area contributed by atoms with Crippen LogP contribution in [0.4, 0.5) is 15.2 Å². The van der Waals surface area contributed by atoms with Gasteiger partial charge in [0.05, 0.1) is 26.8 Å². The number of carbonyl (C=O) groups is 1. The van der Waals surface area contributed by atoms with Gasteiger partial charge in [0, 0.05) is 18.1 Å². The number of anilines is 2. The number of fused-ring (bicyclic) bond motifs is 1. The lowest BCUT2D eigenvalue weighted by atomic mass is 10.00. The Morgan fingerprint density at radius 2 is 2.04 bits per heavy atom. The van der Waals surface area contributed by atoms with Crippen LogP contribution in [0.3, 0.4) is 0 Å². The average Bonchev–Trinajstić information content (AvgIpc) is 2.91. The second kappa shape index (κ2) is 6.44. The summed E-state index contributed by atoms with van der Waals surface area (Å²) >= 11 is 13.3. The SMILES string of the molecule is O=C(Nc1ccc(Cl)cc1Cl)C1CN(c2nc3ccc(F)cc3s2)C1. The molecule has 1 aromatic heterocycles. The van der Waals surface area contributed by atoms with Crippen molar-refractivity contribution in [3.05, 3.63) is 52.3 Å². The molecule has 4 nitrogen and oxygen atoms in total. The van der Waals surface area contributed by atoms with Gasteiger partial charge in [-0.1, -0.05) is 34.5 Å². The minimum Gasteiger partial charge on any atom is -0.346 e. The maximum Gasteiger partial charge on any atom is 0.231 e. The van der Waals surface area contributed by atoms with Crippen molar-refractivity contribution in [2.45, 2.75) is 0 Å². The van der Waals surface area contributed by atoms with E-state index < -0.39 is 0 Å². The molecule has 1 N–H and O–H groups in total. The van der Waals surface area contributed by atoms with Crippen molar-refractivity contribution in [3.63, 3.8) is 0 Å². The molecule has 1 saturated heterocycles. The number of carbonyl (C=O) groups excluding carboxylic acids is 1. The summed E-state index contributed by atoms with van der Waals surface area (Å²) in [7, 11) is 0. The Kier molecular flexibility index (Phi) is 4.27. The van der Waals surface area contributed by atoms with Gasteiger partial charge in [-0.3, -0.25) is 4.79 Å². The first-order valence-corrected chi connectivity index (χ1v) is 9.14. The largest absolute Gasteiger partial charge is 0.346 e. The van der Waals surface area contributed by atoms with Gasteiger partial charge in [0.2, 0.25) is 5.91 Å². The summed E-state index contributed by atoms with van der Waals surface area (Å²) in [4.78, 5) is 18.8. The van der Waals surface area contributed by atoms with E-state index in [9.17, 15) is 9.18 Å². The Morgan fingerprint density at radius 3 is 2.80 bits per heavy atom.